The van der Waals surface area contributed by atoms with Crippen LogP contribution in [0.5, 0.6) is 5.88 Å². The van der Waals surface area contributed by atoms with E-state index in [1.54, 1.807) is 12.4 Å². The first kappa shape index (κ1) is 19.7. The van der Waals surface area contributed by atoms with Crippen LogP contribution in [-0.4, -0.2) is 51.4 Å². The van der Waals surface area contributed by atoms with Crippen LogP contribution in [0.15, 0.2) is 59.5 Å². The lowest BCUT2D eigenvalue weighted by Gasteiger charge is -2.35. The van der Waals surface area contributed by atoms with Crippen LogP contribution in [0.1, 0.15) is 11.1 Å². The van der Waals surface area contributed by atoms with Crippen molar-refractivity contribution in [2.75, 3.05) is 31.1 Å². The Labute approximate surface area is 184 Å². The lowest BCUT2D eigenvalue weighted by Crippen LogP contribution is -2.46. The molecular weight excluding hydrogens is 416 g/mol. The van der Waals surface area contributed by atoms with Crippen LogP contribution in [0, 0.1) is 0 Å². The van der Waals surface area contributed by atoms with E-state index in [-0.39, 0.29) is 0 Å². The SMILES string of the molecule is Clc1cccc(COc2cncc(N3CCN(Cc4ccc5nonc5c4)CC3)n2)c1. The van der Waals surface area contributed by atoms with Gasteiger partial charge in [0.1, 0.15) is 17.6 Å². The van der Waals surface area contributed by atoms with Gasteiger partial charge in [0.2, 0.25) is 5.88 Å². The summed E-state index contributed by atoms with van der Waals surface area (Å²) in [5, 5.41) is 8.47. The molecule has 3 heterocycles. The van der Waals surface area contributed by atoms with Crippen molar-refractivity contribution in [3.63, 3.8) is 0 Å². The third-order valence-corrected chi connectivity index (χ3v) is 5.53. The van der Waals surface area contributed by atoms with Crippen LogP contribution < -0.4 is 9.64 Å². The molecule has 0 amide bonds. The first-order valence-electron chi connectivity index (χ1n) is 10.1. The van der Waals surface area contributed by atoms with Gasteiger partial charge in [0.05, 0.1) is 12.4 Å². The van der Waals surface area contributed by atoms with Crippen molar-refractivity contribution in [3.05, 3.63) is 71.0 Å². The fourth-order valence-corrected chi connectivity index (χ4v) is 3.88. The highest BCUT2D eigenvalue weighted by Crippen LogP contribution is 2.19. The second-order valence-corrected chi connectivity index (χ2v) is 7.92. The van der Waals surface area contributed by atoms with Crippen LogP contribution in [0.4, 0.5) is 5.82 Å². The summed E-state index contributed by atoms with van der Waals surface area (Å²) < 4.78 is 10.6. The van der Waals surface area contributed by atoms with Crippen molar-refractivity contribution >= 4 is 28.5 Å². The van der Waals surface area contributed by atoms with E-state index < -0.39 is 0 Å². The number of fused-ring (bicyclic) bond motifs is 1. The van der Waals surface area contributed by atoms with Crippen LogP contribution >= 0.6 is 11.6 Å². The Kier molecular flexibility index (Phi) is 5.64. The maximum absolute atomic E-state index is 6.03. The minimum Gasteiger partial charge on any atom is -0.472 e. The molecule has 0 aliphatic carbocycles. The average molecular weight is 437 g/mol. The van der Waals surface area contributed by atoms with Crippen molar-refractivity contribution in [3.8, 4) is 5.88 Å². The topological polar surface area (TPSA) is 80.4 Å². The summed E-state index contributed by atoms with van der Waals surface area (Å²) in [6, 6.07) is 13.7. The number of halogens is 1. The molecule has 0 saturated carbocycles. The normalized spacial score (nSPS) is 14.8. The van der Waals surface area contributed by atoms with Crippen LogP contribution in [0.3, 0.4) is 0 Å². The highest BCUT2D eigenvalue weighted by atomic mass is 35.5. The van der Waals surface area contributed by atoms with Gasteiger partial charge in [0.25, 0.3) is 0 Å². The summed E-state index contributed by atoms with van der Waals surface area (Å²) in [6.07, 6.45) is 3.42. The molecule has 0 unspecified atom stereocenters. The number of benzene rings is 2. The minimum absolute atomic E-state index is 0.401. The van der Waals surface area contributed by atoms with E-state index in [1.807, 2.05) is 36.4 Å². The molecule has 4 aromatic rings. The molecule has 0 spiro atoms. The van der Waals surface area contributed by atoms with Crippen molar-refractivity contribution in [2.45, 2.75) is 13.2 Å². The van der Waals surface area contributed by atoms with E-state index in [2.05, 4.69) is 36.1 Å². The molecule has 9 heteroatoms. The molecule has 2 aromatic carbocycles. The minimum atomic E-state index is 0.401. The molecule has 8 nitrogen and oxygen atoms in total. The van der Waals surface area contributed by atoms with Gasteiger partial charge in [-0.25, -0.2) is 4.63 Å². The summed E-state index contributed by atoms with van der Waals surface area (Å²) in [4.78, 5) is 13.6. The van der Waals surface area contributed by atoms with Crippen LogP contribution in [-0.2, 0) is 13.2 Å². The van der Waals surface area contributed by atoms with Crippen LogP contribution in [0.25, 0.3) is 11.0 Å². The Morgan fingerprint density at radius 1 is 0.935 bits per heavy atom. The van der Waals surface area contributed by atoms with Gasteiger partial charge >= 0.3 is 0 Å². The molecule has 158 valence electrons. The summed E-state index contributed by atoms with van der Waals surface area (Å²) in [6.45, 7) is 4.89. The van der Waals surface area contributed by atoms with Gasteiger partial charge in [-0.2, -0.15) is 4.98 Å². The Balaban J connectivity index is 1.17. The average Bonchev–Trinajstić information content (AvgIpc) is 3.26. The van der Waals surface area contributed by atoms with Crippen LogP contribution in [0.2, 0.25) is 5.02 Å². The second-order valence-electron chi connectivity index (χ2n) is 7.48. The number of aromatic nitrogens is 4. The van der Waals surface area contributed by atoms with E-state index in [1.165, 1.54) is 5.56 Å². The first-order valence-corrected chi connectivity index (χ1v) is 10.5. The predicted molar refractivity (Wildman–Crippen MR) is 117 cm³/mol. The van der Waals surface area contributed by atoms with E-state index in [0.717, 1.165) is 55.1 Å². The first-order chi connectivity index (χ1) is 15.2. The predicted octanol–water partition coefficient (Wildman–Crippen LogP) is 3.57. The summed E-state index contributed by atoms with van der Waals surface area (Å²) in [5.41, 5.74) is 3.77. The fraction of sp³-hybridized carbons (Fsp3) is 0.273. The van der Waals surface area contributed by atoms with Gasteiger partial charge in [-0.3, -0.25) is 9.88 Å². The van der Waals surface area contributed by atoms with Crippen molar-refractivity contribution < 1.29 is 9.37 Å². The Morgan fingerprint density at radius 2 is 1.81 bits per heavy atom. The standard InChI is InChI=1S/C22H21ClN6O2/c23-18-3-1-2-17(10-18)15-30-22-13-24-12-21(25-22)29-8-6-28(7-9-29)14-16-4-5-19-20(11-16)27-31-26-19/h1-5,10-13H,6-9,14-15H2. The summed E-state index contributed by atoms with van der Waals surface area (Å²) in [5.74, 6) is 1.34. The Hall–Kier alpha value is -3.23. The number of anilines is 1. The molecule has 1 fully saturated rings. The van der Waals surface area contributed by atoms with Gasteiger partial charge in [-0.05, 0) is 45.7 Å². The Bertz CT molecular complexity index is 1180. The third kappa shape index (κ3) is 4.76. The van der Waals surface area contributed by atoms with E-state index in [9.17, 15) is 0 Å². The maximum Gasteiger partial charge on any atom is 0.234 e. The van der Waals surface area contributed by atoms with Gasteiger partial charge < -0.3 is 9.64 Å². The van der Waals surface area contributed by atoms with E-state index >= 15 is 0 Å². The monoisotopic (exact) mass is 436 g/mol. The zero-order valence-electron chi connectivity index (χ0n) is 16.8. The molecule has 31 heavy (non-hydrogen) atoms. The fourth-order valence-electron chi connectivity index (χ4n) is 3.66. The molecule has 1 saturated heterocycles. The van der Waals surface area contributed by atoms with Gasteiger partial charge in [-0.15, -0.1) is 0 Å². The highest BCUT2D eigenvalue weighted by Gasteiger charge is 2.19. The molecule has 0 atom stereocenters. The zero-order valence-corrected chi connectivity index (χ0v) is 17.6. The van der Waals surface area contributed by atoms with Gasteiger partial charge in [0.15, 0.2) is 5.82 Å². The molecule has 0 N–H and O–H groups in total. The molecule has 5 rings (SSSR count). The largest absolute Gasteiger partial charge is 0.472 e. The molecule has 2 aromatic heterocycles. The number of hydrogen-bond acceptors (Lipinski definition) is 8. The molecule has 1 aliphatic rings. The number of piperazine rings is 1. The lowest BCUT2D eigenvalue weighted by molar-refractivity contribution is 0.248. The molecule has 0 bridgehead atoms. The third-order valence-electron chi connectivity index (χ3n) is 5.30. The quantitative estimate of drug-likeness (QED) is 0.454. The summed E-state index contributed by atoms with van der Waals surface area (Å²) >= 11 is 6.03. The second kappa shape index (κ2) is 8.87. The van der Waals surface area contributed by atoms with Crippen molar-refractivity contribution in [2.24, 2.45) is 0 Å². The number of nitrogens with zero attached hydrogens (tertiary/aromatic N) is 6. The van der Waals surface area contributed by atoms with E-state index in [0.29, 0.717) is 17.5 Å². The number of rotatable bonds is 6. The highest BCUT2D eigenvalue weighted by molar-refractivity contribution is 6.30. The van der Waals surface area contributed by atoms with E-state index in [4.69, 9.17) is 21.0 Å². The zero-order chi connectivity index (χ0) is 21.0. The Morgan fingerprint density at radius 3 is 2.68 bits per heavy atom. The summed E-state index contributed by atoms with van der Waals surface area (Å²) in [7, 11) is 0. The number of hydrogen-bond donors (Lipinski definition) is 0. The molecular formula is C22H21ClN6O2. The molecule has 1 aliphatic heterocycles. The number of ether oxygens (including phenoxy) is 1. The smallest absolute Gasteiger partial charge is 0.234 e. The van der Waals surface area contributed by atoms with Crippen molar-refractivity contribution in [1.82, 2.24) is 25.2 Å². The lowest BCUT2D eigenvalue weighted by atomic mass is 10.1. The van der Waals surface area contributed by atoms with Gasteiger partial charge in [0, 0.05) is 37.7 Å². The molecule has 0 radical (unpaired) electrons. The van der Waals surface area contributed by atoms with Crippen molar-refractivity contribution in [1.29, 1.82) is 0 Å². The van der Waals surface area contributed by atoms with Gasteiger partial charge in [-0.1, -0.05) is 29.8 Å². The maximum atomic E-state index is 6.03.